The smallest absolute Gasteiger partial charge is 0.493 e. The summed E-state index contributed by atoms with van der Waals surface area (Å²) in [6.45, 7) is 0. The molecule has 0 saturated carbocycles. The van der Waals surface area contributed by atoms with Gasteiger partial charge in [0.2, 0.25) is 0 Å². The van der Waals surface area contributed by atoms with Gasteiger partial charge in [-0.2, -0.15) is 13.2 Å². The van der Waals surface area contributed by atoms with Crippen molar-refractivity contribution in [3.8, 4) is 23.0 Å². The number of nitrogens with one attached hydrogen (secondary N) is 2. The summed E-state index contributed by atoms with van der Waals surface area (Å²) in [6, 6.07) is 5.92. The number of methoxy groups -OCH3 is 1. The molecule has 2 N–H and O–H groups in total. The van der Waals surface area contributed by atoms with E-state index >= 15 is 4.39 Å². The second-order valence-electron chi connectivity index (χ2n) is 7.49. The Labute approximate surface area is 214 Å². The third kappa shape index (κ3) is 6.86. The maximum absolute atomic E-state index is 15.1. The molecular weight excluding hydrogens is 548 g/mol. The van der Waals surface area contributed by atoms with Crippen LogP contribution in [-0.4, -0.2) is 32.3 Å². The van der Waals surface area contributed by atoms with E-state index in [-0.39, 0.29) is 11.8 Å². The first-order valence-corrected chi connectivity index (χ1v) is 10.5. The minimum absolute atomic E-state index is 0.283. The molecule has 7 nitrogen and oxygen atoms in total. The van der Waals surface area contributed by atoms with E-state index in [1.54, 1.807) is 0 Å². The van der Waals surface area contributed by atoms with Gasteiger partial charge in [0.1, 0.15) is 22.9 Å². The number of amides is 2. The van der Waals surface area contributed by atoms with Crippen LogP contribution in [0.2, 0.25) is 0 Å². The molecule has 39 heavy (non-hydrogen) atoms. The van der Waals surface area contributed by atoms with E-state index in [9.17, 15) is 40.3 Å². The van der Waals surface area contributed by atoms with Gasteiger partial charge in [-0.25, -0.2) is 8.78 Å². The van der Waals surface area contributed by atoms with Crippen molar-refractivity contribution in [2.75, 3.05) is 19.5 Å². The first-order valence-electron chi connectivity index (χ1n) is 10.5. The molecule has 2 amide bonds. The average Bonchev–Trinajstić information content (AvgIpc) is 2.83. The van der Waals surface area contributed by atoms with E-state index in [0.717, 1.165) is 43.5 Å². The summed E-state index contributed by atoms with van der Waals surface area (Å²) >= 11 is 0. The van der Waals surface area contributed by atoms with Crippen molar-refractivity contribution in [1.29, 1.82) is 0 Å². The van der Waals surface area contributed by atoms with Crippen LogP contribution < -0.4 is 24.8 Å². The number of carbonyl (C=O) groups is 2. The summed E-state index contributed by atoms with van der Waals surface area (Å²) in [5.74, 6) is -7.72. The Morgan fingerprint density at radius 1 is 0.821 bits per heavy atom. The molecule has 0 spiro atoms. The minimum atomic E-state index is -5.23. The van der Waals surface area contributed by atoms with E-state index in [1.165, 1.54) is 7.05 Å². The number of hydrogen-bond acceptors (Lipinski definition) is 5. The molecule has 3 rings (SSSR count). The van der Waals surface area contributed by atoms with Gasteiger partial charge in [-0.1, -0.05) is 0 Å². The lowest BCUT2D eigenvalue weighted by molar-refractivity contribution is -0.274. The molecule has 0 unspecified atom stereocenters. The first-order chi connectivity index (χ1) is 18.1. The zero-order chi connectivity index (χ0) is 29.1. The van der Waals surface area contributed by atoms with Gasteiger partial charge in [-0.15, -0.1) is 13.2 Å². The fraction of sp³-hybridized carbons (Fsp3) is 0.167. The summed E-state index contributed by atoms with van der Waals surface area (Å²) in [7, 11) is 2.23. The third-order valence-corrected chi connectivity index (χ3v) is 4.92. The Morgan fingerprint density at radius 2 is 1.49 bits per heavy atom. The van der Waals surface area contributed by atoms with Crippen LogP contribution in [0.4, 0.5) is 40.8 Å². The van der Waals surface area contributed by atoms with Crippen molar-refractivity contribution in [2.45, 2.75) is 12.5 Å². The van der Waals surface area contributed by atoms with Crippen LogP contribution in [-0.2, 0) is 6.18 Å². The molecule has 0 aliphatic rings. The maximum Gasteiger partial charge on any atom is 0.573 e. The van der Waals surface area contributed by atoms with Gasteiger partial charge in [0.05, 0.1) is 18.2 Å². The van der Waals surface area contributed by atoms with Gasteiger partial charge < -0.3 is 24.8 Å². The summed E-state index contributed by atoms with van der Waals surface area (Å²) in [6.07, 6.45) is -10.3. The standard InChI is InChI=1S/C24H16F8N2O5/c1-33-21(35)13-9-11(3-6-15(13)25)34-22(36)19-17(8-5-14(20(19)26)23(27,28)29)38-16-7-4-12(10-18(16)37-2)39-24(30,31)32/h3-10H,1-2H3,(H,33,35)(H,34,36). The Balaban J connectivity index is 2.06. The van der Waals surface area contributed by atoms with Crippen LogP contribution >= 0.6 is 0 Å². The van der Waals surface area contributed by atoms with Gasteiger partial charge in [0.25, 0.3) is 11.8 Å². The lowest BCUT2D eigenvalue weighted by Crippen LogP contribution is -2.21. The number of ether oxygens (including phenoxy) is 3. The van der Waals surface area contributed by atoms with Crippen LogP contribution in [0.1, 0.15) is 26.3 Å². The van der Waals surface area contributed by atoms with Crippen LogP contribution in [0.15, 0.2) is 48.5 Å². The monoisotopic (exact) mass is 564 g/mol. The third-order valence-electron chi connectivity index (χ3n) is 4.92. The molecule has 15 heteroatoms. The second kappa shape index (κ2) is 11.0. The minimum Gasteiger partial charge on any atom is -0.493 e. The molecule has 0 saturated heterocycles. The Kier molecular flexibility index (Phi) is 8.22. The molecule has 0 fully saturated rings. The quantitative estimate of drug-likeness (QED) is 0.330. The van der Waals surface area contributed by atoms with Crippen molar-refractivity contribution in [1.82, 2.24) is 5.32 Å². The Morgan fingerprint density at radius 3 is 2.08 bits per heavy atom. The van der Waals surface area contributed by atoms with Crippen LogP contribution in [0.5, 0.6) is 23.0 Å². The summed E-state index contributed by atoms with van der Waals surface area (Å²) < 4.78 is 121. The van der Waals surface area contributed by atoms with Gasteiger partial charge in [0, 0.05) is 18.8 Å². The van der Waals surface area contributed by atoms with Gasteiger partial charge >= 0.3 is 12.5 Å². The summed E-state index contributed by atoms with van der Waals surface area (Å²) in [5.41, 5.74) is -3.89. The number of halogens is 8. The number of alkyl halides is 6. The molecule has 0 radical (unpaired) electrons. The van der Waals surface area contributed by atoms with Crippen molar-refractivity contribution in [2.24, 2.45) is 0 Å². The number of carbonyl (C=O) groups excluding carboxylic acids is 2. The van der Waals surface area contributed by atoms with Crippen LogP contribution in [0, 0.1) is 11.6 Å². The van der Waals surface area contributed by atoms with E-state index in [2.05, 4.69) is 15.4 Å². The van der Waals surface area contributed by atoms with Gasteiger partial charge in [-0.05, 0) is 42.5 Å². The predicted molar refractivity (Wildman–Crippen MR) is 119 cm³/mol. The topological polar surface area (TPSA) is 85.9 Å². The highest BCUT2D eigenvalue weighted by atomic mass is 19.4. The van der Waals surface area contributed by atoms with Crippen molar-refractivity contribution in [3.05, 3.63) is 76.9 Å². The number of rotatable bonds is 7. The van der Waals surface area contributed by atoms with Crippen molar-refractivity contribution >= 4 is 17.5 Å². The van der Waals surface area contributed by atoms with Crippen molar-refractivity contribution in [3.63, 3.8) is 0 Å². The zero-order valence-corrected chi connectivity index (χ0v) is 19.7. The van der Waals surface area contributed by atoms with Crippen LogP contribution in [0.25, 0.3) is 0 Å². The SMILES string of the molecule is CNC(=O)c1cc(NC(=O)c2c(Oc3ccc(OC(F)(F)F)cc3OC)ccc(C(F)(F)F)c2F)ccc1F. The highest BCUT2D eigenvalue weighted by molar-refractivity contribution is 6.07. The van der Waals surface area contributed by atoms with Crippen molar-refractivity contribution < 1.29 is 58.9 Å². The molecule has 0 bridgehead atoms. The summed E-state index contributed by atoms with van der Waals surface area (Å²) in [4.78, 5) is 24.8. The van der Waals surface area contributed by atoms with Gasteiger partial charge in [-0.3, -0.25) is 9.59 Å². The Hall–Kier alpha value is -4.56. The molecule has 0 atom stereocenters. The number of hydrogen-bond donors (Lipinski definition) is 2. The first kappa shape index (κ1) is 29.0. The van der Waals surface area contributed by atoms with E-state index in [1.807, 2.05) is 0 Å². The average molecular weight is 564 g/mol. The lowest BCUT2D eigenvalue weighted by atomic mass is 10.1. The Bertz CT molecular complexity index is 1410. The highest BCUT2D eigenvalue weighted by Crippen LogP contribution is 2.41. The van der Waals surface area contributed by atoms with E-state index in [0.29, 0.717) is 6.07 Å². The molecule has 0 aliphatic heterocycles. The molecule has 208 valence electrons. The van der Waals surface area contributed by atoms with E-state index in [4.69, 9.17) is 9.47 Å². The van der Waals surface area contributed by atoms with E-state index < -0.39 is 75.7 Å². The molecule has 3 aromatic rings. The molecule has 3 aromatic carbocycles. The summed E-state index contributed by atoms with van der Waals surface area (Å²) in [5, 5.41) is 4.22. The van der Waals surface area contributed by atoms with Crippen LogP contribution in [0.3, 0.4) is 0 Å². The number of benzene rings is 3. The largest absolute Gasteiger partial charge is 0.573 e. The molecular formula is C24H16F8N2O5. The zero-order valence-electron chi connectivity index (χ0n) is 19.7. The number of anilines is 1. The fourth-order valence-corrected chi connectivity index (χ4v) is 3.23. The predicted octanol–water partition coefficient (Wildman–Crippen LogP) is 6.30. The van der Waals surface area contributed by atoms with Gasteiger partial charge in [0.15, 0.2) is 17.3 Å². The second-order valence-corrected chi connectivity index (χ2v) is 7.49. The normalized spacial score (nSPS) is 11.5. The maximum atomic E-state index is 15.1. The highest BCUT2D eigenvalue weighted by Gasteiger charge is 2.38. The lowest BCUT2D eigenvalue weighted by Gasteiger charge is -2.18. The molecule has 0 aromatic heterocycles. The molecule has 0 aliphatic carbocycles. The fourth-order valence-electron chi connectivity index (χ4n) is 3.23. The molecule has 0 heterocycles.